The number of halogens is 1. The van der Waals surface area contributed by atoms with Crippen molar-refractivity contribution in [3.63, 3.8) is 0 Å². The molecule has 1 saturated heterocycles. The molecule has 8 heteroatoms. The molecule has 1 aromatic heterocycles. The average Bonchev–Trinajstić information content (AvgIpc) is 3.30. The molecule has 0 radical (unpaired) electrons. The molecule has 0 unspecified atom stereocenters. The molecular weight excluding hydrogens is 392 g/mol. The van der Waals surface area contributed by atoms with Crippen molar-refractivity contribution in [1.82, 2.24) is 14.4 Å². The molecule has 1 fully saturated rings. The summed E-state index contributed by atoms with van der Waals surface area (Å²) >= 11 is 6.00. The van der Waals surface area contributed by atoms with E-state index in [9.17, 15) is 9.59 Å². The fourth-order valence-electron chi connectivity index (χ4n) is 3.74. The third-order valence-corrected chi connectivity index (χ3v) is 5.50. The van der Waals surface area contributed by atoms with E-state index in [1.165, 1.54) is 17.7 Å². The quantitative estimate of drug-likeness (QED) is 0.750. The normalized spacial score (nSPS) is 16.6. The Morgan fingerprint density at radius 1 is 1.34 bits per heavy atom. The molecule has 156 valence electrons. The molecule has 0 saturated carbocycles. The molecule has 1 N–H and O–H groups in total. The topological polar surface area (TPSA) is 66.8 Å². The Morgan fingerprint density at radius 2 is 2.14 bits per heavy atom. The Balaban J connectivity index is 1.57. The minimum atomic E-state index is -0.304. The van der Waals surface area contributed by atoms with Gasteiger partial charge in [-0.3, -0.25) is 14.5 Å². The number of rotatable bonds is 7. The summed E-state index contributed by atoms with van der Waals surface area (Å²) < 4.78 is 7.34. The highest BCUT2D eigenvalue weighted by Crippen LogP contribution is 2.31. The van der Waals surface area contributed by atoms with Gasteiger partial charge < -0.3 is 19.5 Å². The fourth-order valence-corrected chi connectivity index (χ4v) is 3.91. The molecule has 1 aliphatic heterocycles. The first-order valence-corrected chi connectivity index (χ1v) is 9.99. The summed E-state index contributed by atoms with van der Waals surface area (Å²) in [5.41, 5.74) is 1.69. The molecule has 29 heavy (non-hydrogen) atoms. The van der Waals surface area contributed by atoms with Gasteiger partial charge in [0.2, 0.25) is 11.8 Å². The zero-order valence-electron chi connectivity index (χ0n) is 17.0. The van der Waals surface area contributed by atoms with Crippen LogP contribution in [-0.4, -0.2) is 60.0 Å². The van der Waals surface area contributed by atoms with E-state index in [4.69, 9.17) is 16.3 Å². The van der Waals surface area contributed by atoms with E-state index in [0.29, 0.717) is 23.0 Å². The number of aromatic nitrogens is 1. The number of aryl methyl sites for hydroxylation is 1. The summed E-state index contributed by atoms with van der Waals surface area (Å²) in [6.07, 6.45) is 4.11. The van der Waals surface area contributed by atoms with Crippen LogP contribution in [0.25, 0.3) is 0 Å². The van der Waals surface area contributed by atoms with Crippen LogP contribution in [0.5, 0.6) is 5.75 Å². The number of benzene rings is 1. The van der Waals surface area contributed by atoms with E-state index in [0.717, 1.165) is 19.4 Å². The number of nitrogens with one attached hydrogen (secondary N) is 1. The second-order valence-electron chi connectivity index (χ2n) is 7.32. The number of amides is 2. The SMILES string of the molecule is COc1ccc(Cl)cc1NC(=O)CN(C)C(=O)CN1CCC[C@H]1c1cccn1C. The monoisotopic (exact) mass is 418 g/mol. The molecule has 2 aromatic rings. The molecule has 2 amide bonds. The van der Waals surface area contributed by atoms with Gasteiger partial charge in [-0.2, -0.15) is 0 Å². The van der Waals surface area contributed by atoms with Crippen LogP contribution in [0.15, 0.2) is 36.5 Å². The first-order valence-electron chi connectivity index (χ1n) is 9.61. The second kappa shape index (κ2) is 9.33. The Morgan fingerprint density at radius 3 is 2.83 bits per heavy atom. The van der Waals surface area contributed by atoms with Gasteiger partial charge in [0.25, 0.3) is 0 Å². The van der Waals surface area contributed by atoms with Crippen LogP contribution in [0.3, 0.4) is 0 Å². The van der Waals surface area contributed by atoms with Gasteiger partial charge in [-0.15, -0.1) is 0 Å². The average molecular weight is 419 g/mol. The van der Waals surface area contributed by atoms with Gasteiger partial charge in [0.05, 0.1) is 31.9 Å². The van der Waals surface area contributed by atoms with Gasteiger partial charge in [0, 0.05) is 31.0 Å². The van der Waals surface area contributed by atoms with Gasteiger partial charge in [-0.1, -0.05) is 11.6 Å². The van der Waals surface area contributed by atoms with Crippen LogP contribution >= 0.6 is 11.6 Å². The second-order valence-corrected chi connectivity index (χ2v) is 7.75. The molecule has 1 atom stereocenters. The van der Waals surface area contributed by atoms with Crippen LogP contribution < -0.4 is 10.1 Å². The number of likely N-dealkylation sites (N-methyl/N-ethyl adjacent to an activating group) is 1. The maximum Gasteiger partial charge on any atom is 0.244 e. The van der Waals surface area contributed by atoms with Crippen molar-refractivity contribution in [3.8, 4) is 5.75 Å². The lowest BCUT2D eigenvalue weighted by molar-refractivity contribution is -0.134. The Kier molecular flexibility index (Phi) is 6.82. The number of ether oxygens (including phenoxy) is 1. The molecule has 1 aliphatic rings. The number of methoxy groups -OCH3 is 1. The maximum absolute atomic E-state index is 12.7. The van der Waals surface area contributed by atoms with E-state index in [1.807, 2.05) is 19.3 Å². The predicted octanol–water partition coefficient (Wildman–Crippen LogP) is 2.92. The number of anilines is 1. The Hall–Kier alpha value is -2.51. The van der Waals surface area contributed by atoms with Crippen molar-refractivity contribution >= 4 is 29.1 Å². The van der Waals surface area contributed by atoms with E-state index >= 15 is 0 Å². The van der Waals surface area contributed by atoms with E-state index in [1.54, 1.807) is 25.2 Å². The predicted molar refractivity (Wildman–Crippen MR) is 113 cm³/mol. The molecule has 2 heterocycles. The van der Waals surface area contributed by atoms with Gasteiger partial charge in [-0.25, -0.2) is 0 Å². The summed E-state index contributed by atoms with van der Waals surface area (Å²) in [7, 11) is 5.19. The van der Waals surface area contributed by atoms with Gasteiger partial charge in [0.15, 0.2) is 0 Å². The standard InChI is InChI=1S/C21H27ClN4O3/c1-24-10-4-6-17(24)18-7-5-11-26(18)14-21(28)25(2)13-20(27)23-16-12-15(22)8-9-19(16)29-3/h4,6,8-10,12,18H,5,7,11,13-14H2,1-3H3,(H,23,27)/t18-/m0/s1. The Labute approximate surface area is 176 Å². The lowest BCUT2D eigenvalue weighted by Gasteiger charge is -2.27. The van der Waals surface area contributed by atoms with E-state index < -0.39 is 0 Å². The first kappa shape index (κ1) is 21.2. The van der Waals surface area contributed by atoms with Crippen molar-refractivity contribution in [2.75, 3.05) is 39.1 Å². The van der Waals surface area contributed by atoms with E-state index in [-0.39, 0.29) is 24.4 Å². The van der Waals surface area contributed by atoms with Crippen LogP contribution in [0.4, 0.5) is 5.69 Å². The molecular formula is C21H27ClN4O3. The van der Waals surface area contributed by atoms with Crippen molar-refractivity contribution in [2.45, 2.75) is 18.9 Å². The highest BCUT2D eigenvalue weighted by molar-refractivity contribution is 6.31. The number of likely N-dealkylation sites (tertiary alicyclic amines) is 1. The highest BCUT2D eigenvalue weighted by atomic mass is 35.5. The lowest BCUT2D eigenvalue weighted by Crippen LogP contribution is -2.41. The molecule has 7 nitrogen and oxygen atoms in total. The summed E-state index contributed by atoms with van der Waals surface area (Å²) in [5.74, 6) is 0.125. The minimum Gasteiger partial charge on any atom is -0.495 e. The number of carbonyl (C=O) groups is 2. The van der Waals surface area contributed by atoms with Gasteiger partial charge >= 0.3 is 0 Å². The highest BCUT2D eigenvalue weighted by Gasteiger charge is 2.30. The lowest BCUT2D eigenvalue weighted by atomic mass is 10.1. The van der Waals surface area contributed by atoms with Crippen LogP contribution in [0, 0.1) is 0 Å². The summed E-state index contributed by atoms with van der Waals surface area (Å²) in [6.45, 7) is 1.12. The van der Waals surface area contributed by atoms with Crippen molar-refractivity contribution < 1.29 is 14.3 Å². The zero-order chi connectivity index (χ0) is 21.0. The fraction of sp³-hybridized carbons (Fsp3) is 0.429. The Bertz CT molecular complexity index is 883. The summed E-state index contributed by atoms with van der Waals surface area (Å²) in [5, 5.41) is 3.25. The largest absolute Gasteiger partial charge is 0.495 e. The number of hydrogen-bond acceptors (Lipinski definition) is 4. The summed E-state index contributed by atoms with van der Waals surface area (Å²) in [4.78, 5) is 28.8. The van der Waals surface area contributed by atoms with E-state index in [2.05, 4.69) is 20.9 Å². The molecule has 0 spiro atoms. The van der Waals surface area contributed by atoms with Crippen molar-refractivity contribution in [2.24, 2.45) is 7.05 Å². The molecule has 0 bridgehead atoms. The van der Waals surface area contributed by atoms with Crippen molar-refractivity contribution in [1.29, 1.82) is 0 Å². The van der Waals surface area contributed by atoms with Gasteiger partial charge in [-0.05, 0) is 49.7 Å². The first-order chi connectivity index (χ1) is 13.9. The molecule has 3 rings (SSSR count). The molecule has 0 aliphatic carbocycles. The number of carbonyl (C=O) groups excluding carboxylic acids is 2. The molecule has 1 aromatic carbocycles. The summed E-state index contributed by atoms with van der Waals surface area (Å²) in [6, 6.07) is 9.35. The van der Waals surface area contributed by atoms with Crippen LogP contribution in [0.1, 0.15) is 24.6 Å². The minimum absolute atomic E-state index is 0.0445. The van der Waals surface area contributed by atoms with Crippen molar-refractivity contribution in [3.05, 3.63) is 47.2 Å². The number of nitrogens with zero attached hydrogens (tertiary/aromatic N) is 3. The zero-order valence-corrected chi connectivity index (χ0v) is 17.8. The van der Waals surface area contributed by atoms with Crippen LogP contribution in [-0.2, 0) is 16.6 Å². The van der Waals surface area contributed by atoms with Crippen LogP contribution in [0.2, 0.25) is 5.02 Å². The smallest absolute Gasteiger partial charge is 0.244 e. The third kappa shape index (κ3) is 5.10. The number of hydrogen-bond donors (Lipinski definition) is 1. The van der Waals surface area contributed by atoms with Gasteiger partial charge in [0.1, 0.15) is 5.75 Å². The third-order valence-electron chi connectivity index (χ3n) is 5.27. The maximum atomic E-state index is 12.7.